The average Bonchev–Trinajstić information content (AvgIpc) is 2.76. The van der Waals surface area contributed by atoms with Crippen molar-refractivity contribution in [3.63, 3.8) is 0 Å². The van der Waals surface area contributed by atoms with Crippen LogP contribution < -0.4 is 0 Å². The minimum absolute atomic E-state index is 0.151. The van der Waals surface area contributed by atoms with Crippen LogP contribution in [-0.4, -0.2) is 4.98 Å². The van der Waals surface area contributed by atoms with Crippen LogP contribution in [0.4, 0.5) is 0 Å². The molecule has 2 rings (SSSR count). The molecule has 1 aromatic heterocycles. The number of rotatable bonds is 1. The first-order chi connectivity index (χ1) is 8.02. The highest BCUT2D eigenvalue weighted by Gasteiger charge is 2.14. The summed E-state index contributed by atoms with van der Waals surface area (Å²) in [6, 6.07) is 10.5. The second kappa shape index (κ2) is 4.31. The average molecular weight is 242 g/mol. The molecule has 1 heterocycles. The Hall–Kier alpha value is -1.66. The third-order valence-electron chi connectivity index (χ3n) is 2.69. The summed E-state index contributed by atoms with van der Waals surface area (Å²) in [5.41, 5.74) is 4.95. The highest BCUT2D eigenvalue weighted by Crippen LogP contribution is 2.28. The van der Waals surface area contributed by atoms with E-state index in [9.17, 15) is 0 Å². The summed E-state index contributed by atoms with van der Waals surface area (Å²) in [6.07, 6.45) is 0. The maximum absolute atomic E-state index is 8.97. The van der Waals surface area contributed by atoms with Crippen LogP contribution >= 0.6 is 11.3 Å². The van der Waals surface area contributed by atoms with Gasteiger partial charge >= 0.3 is 0 Å². The van der Waals surface area contributed by atoms with Crippen molar-refractivity contribution in [3.05, 3.63) is 40.2 Å². The number of nitrogens with zero attached hydrogens (tertiary/aromatic N) is 2. The van der Waals surface area contributed by atoms with Crippen LogP contribution in [0.15, 0.2) is 29.8 Å². The fraction of sp³-hybridized carbons (Fsp3) is 0.286. The first kappa shape index (κ1) is 11.8. The smallest absolute Gasteiger partial charge is 0.132 e. The van der Waals surface area contributed by atoms with E-state index in [1.165, 1.54) is 16.9 Å². The molecule has 2 aromatic rings. The lowest BCUT2D eigenvalue weighted by molar-refractivity contribution is 0.590. The van der Waals surface area contributed by atoms with Crippen LogP contribution in [0.3, 0.4) is 0 Å². The lowest BCUT2D eigenvalue weighted by atomic mass is 9.86. The molecule has 86 valence electrons. The Bertz CT molecular complexity index is 553. The first-order valence-corrected chi connectivity index (χ1v) is 6.35. The zero-order chi connectivity index (χ0) is 12.5. The molecule has 0 bridgehead atoms. The SMILES string of the molecule is CC(C)(C)c1ccc(-c2ncsc2C#N)cc1. The van der Waals surface area contributed by atoms with E-state index in [-0.39, 0.29) is 5.41 Å². The normalized spacial score (nSPS) is 11.2. The fourth-order valence-corrected chi connectivity index (χ4v) is 2.26. The van der Waals surface area contributed by atoms with Gasteiger partial charge in [0.2, 0.25) is 0 Å². The molecule has 0 amide bonds. The number of thiazole rings is 1. The van der Waals surface area contributed by atoms with Gasteiger partial charge in [0.1, 0.15) is 10.9 Å². The molecule has 0 saturated carbocycles. The quantitative estimate of drug-likeness (QED) is 0.758. The maximum atomic E-state index is 8.97. The molecule has 0 fully saturated rings. The molecule has 0 aliphatic heterocycles. The third-order valence-corrected chi connectivity index (χ3v) is 3.42. The summed E-state index contributed by atoms with van der Waals surface area (Å²) in [4.78, 5) is 4.92. The van der Waals surface area contributed by atoms with E-state index in [4.69, 9.17) is 5.26 Å². The zero-order valence-electron chi connectivity index (χ0n) is 10.2. The van der Waals surface area contributed by atoms with Gasteiger partial charge in [0.25, 0.3) is 0 Å². The number of hydrogen-bond donors (Lipinski definition) is 0. The Morgan fingerprint density at radius 3 is 2.35 bits per heavy atom. The lowest BCUT2D eigenvalue weighted by Crippen LogP contribution is -2.10. The van der Waals surface area contributed by atoms with E-state index < -0.39 is 0 Å². The van der Waals surface area contributed by atoms with E-state index >= 15 is 0 Å². The number of aromatic nitrogens is 1. The van der Waals surface area contributed by atoms with E-state index in [0.29, 0.717) is 4.88 Å². The van der Waals surface area contributed by atoms with Crippen LogP contribution in [0, 0.1) is 11.3 Å². The van der Waals surface area contributed by atoms with E-state index in [1.54, 1.807) is 5.51 Å². The van der Waals surface area contributed by atoms with Crippen LogP contribution in [0.5, 0.6) is 0 Å². The van der Waals surface area contributed by atoms with Crippen LogP contribution in [0.1, 0.15) is 31.2 Å². The van der Waals surface area contributed by atoms with Gasteiger partial charge in [-0.2, -0.15) is 5.26 Å². The van der Waals surface area contributed by atoms with Gasteiger partial charge in [-0.1, -0.05) is 45.0 Å². The Morgan fingerprint density at radius 2 is 1.82 bits per heavy atom. The molecule has 3 heteroatoms. The van der Waals surface area contributed by atoms with Gasteiger partial charge < -0.3 is 0 Å². The molecule has 0 aliphatic rings. The molecular formula is C14H14N2S. The standard InChI is InChI=1S/C14H14N2S/c1-14(2,3)11-6-4-10(5-7-11)13-12(8-15)17-9-16-13/h4-7,9H,1-3H3. The van der Waals surface area contributed by atoms with E-state index in [0.717, 1.165) is 11.3 Å². The predicted molar refractivity (Wildman–Crippen MR) is 71.0 cm³/mol. The van der Waals surface area contributed by atoms with Crippen molar-refractivity contribution in [2.75, 3.05) is 0 Å². The molecule has 2 nitrogen and oxygen atoms in total. The minimum Gasteiger partial charge on any atom is -0.243 e. The Balaban J connectivity index is 2.40. The molecule has 0 unspecified atom stereocenters. The highest BCUT2D eigenvalue weighted by atomic mass is 32.1. The minimum atomic E-state index is 0.151. The monoisotopic (exact) mass is 242 g/mol. The van der Waals surface area contributed by atoms with E-state index in [1.807, 2.05) is 12.1 Å². The van der Waals surface area contributed by atoms with Gasteiger partial charge in [0.05, 0.1) is 11.2 Å². The fourth-order valence-electron chi connectivity index (χ4n) is 1.66. The summed E-state index contributed by atoms with van der Waals surface area (Å²) in [5.74, 6) is 0. The highest BCUT2D eigenvalue weighted by molar-refractivity contribution is 7.10. The van der Waals surface area contributed by atoms with Gasteiger partial charge in [-0.15, -0.1) is 11.3 Å². The molecule has 0 N–H and O–H groups in total. The summed E-state index contributed by atoms with van der Waals surface area (Å²) < 4.78 is 0. The van der Waals surface area contributed by atoms with Crippen molar-refractivity contribution in [2.24, 2.45) is 0 Å². The molecule has 1 aromatic carbocycles. The summed E-state index contributed by atoms with van der Waals surface area (Å²) in [7, 11) is 0. The molecule has 0 radical (unpaired) electrons. The number of benzene rings is 1. The zero-order valence-corrected chi connectivity index (χ0v) is 11.0. The molecule has 0 spiro atoms. The molecular weight excluding hydrogens is 228 g/mol. The molecule has 0 saturated heterocycles. The molecule has 0 atom stereocenters. The van der Waals surface area contributed by atoms with Gasteiger partial charge in [-0.25, -0.2) is 4.98 Å². The van der Waals surface area contributed by atoms with E-state index in [2.05, 4.69) is 44.0 Å². The van der Waals surface area contributed by atoms with Crippen molar-refractivity contribution >= 4 is 11.3 Å². The summed E-state index contributed by atoms with van der Waals surface area (Å²) in [6.45, 7) is 6.56. The van der Waals surface area contributed by atoms with Crippen LogP contribution in [-0.2, 0) is 5.41 Å². The summed E-state index contributed by atoms with van der Waals surface area (Å²) >= 11 is 1.38. The Morgan fingerprint density at radius 1 is 1.18 bits per heavy atom. The molecule has 17 heavy (non-hydrogen) atoms. The predicted octanol–water partition coefficient (Wildman–Crippen LogP) is 3.98. The van der Waals surface area contributed by atoms with Crippen molar-refractivity contribution < 1.29 is 0 Å². The third kappa shape index (κ3) is 2.37. The topological polar surface area (TPSA) is 36.7 Å². The molecule has 0 aliphatic carbocycles. The second-order valence-electron chi connectivity index (χ2n) is 4.97. The maximum Gasteiger partial charge on any atom is 0.132 e. The lowest BCUT2D eigenvalue weighted by Gasteiger charge is -2.18. The van der Waals surface area contributed by atoms with Gasteiger partial charge in [0, 0.05) is 5.56 Å². The summed E-state index contributed by atoms with van der Waals surface area (Å²) in [5, 5.41) is 8.97. The number of nitriles is 1. The van der Waals surface area contributed by atoms with Crippen LogP contribution in [0.2, 0.25) is 0 Å². The van der Waals surface area contributed by atoms with Gasteiger partial charge in [0.15, 0.2) is 0 Å². The second-order valence-corrected chi connectivity index (χ2v) is 5.82. The van der Waals surface area contributed by atoms with Gasteiger partial charge in [-0.3, -0.25) is 0 Å². The Kier molecular flexibility index (Phi) is 2.99. The first-order valence-electron chi connectivity index (χ1n) is 5.47. The van der Waals surface area contributed by atoms with Crippen molar-refractivity contribution in [1.82, 2.24) is 4.98 Å². The van der Waals surface area contributed by atoms with Crippen molar-refractivity contribution in [2.45, 2.75) is 26.2 Å². The van der Waals surface area contributed by atoms with Gasteiger partial charge in [-0.05, 0) is 11.0 Å². The van der Waals surface area contributed by atoms with Crippen LogP contribution in [0.25, 0.3) is 11.3 Å². The van der Waals surface area contributed by atoms with Crippen molar-refractivity contribution in [3.8, 4) is 17.3 Å². The number of hydrogen-bond acceptors (Lipinski definition) is 3. The van der Waals surface area contributed by atoms with Crippen molar-refractivity contribution in [1.29, 1.82) is 5.26 Å². The Labute approximate surface area is 106 Å². The largest absolute Gasteiger partial charge is 0.243 e.